The van der Waals surface area contributed by atoms with Crippen molar-refractivity contribution in [1.29, 1.82) is 0 Å². The molecule has 0 saturated carbocycles. The van der Waals surface area contributed by atoms with E-state index in [-0.39, 0.29) is 5.91 Å². The third-order valence-electron chi connectivity index (χ3n) is 2.47. The van der Waals surface area contributed by atoms with Gasteiger partial charge in [0.05, 0.1) is 0 Å². The first kappa shape index (κ1) is 16.3. The number of carbonyl (C=O) groups is 2. The minimum absolute atomic E-state index is 0.334. The standard InChI is InChI=1S/C14H18ClNO4/c1-4-16-13(17)9(2)20-14(18)10(3)19-12-7-5-11(15)6-8-12/h5-10H,4H2,1-3H3,(H,16,17)/t9-,10+/m1/s1. The molecule has 110 valence electrons. The summed E-state index contributed by atoms with van der Waals surface area (Å²) in [5.74, 6) is -0.428. The highest BCUT2D eigenvalue weighted by molar-refractivity contribution is 6.30. The third kappa shape index (κ3) is 5.09. The van der Waals surface area contributed by atoms with E-state index >= 15 is 0 Å². The van der Waals surface area contributed by atoms with Crippen molar-refractivity contribution >= 4 is 23.5 Å². The van der Waals surface area contributed by atoms with Crippen LogP contribution in [0.15, 0.2) is 24.3 Å². The molecule has 1 N–H and O–H groups in total. The summed E-state index contributed by atoms with van der Waals surface area (Å²) in [6.07, 6.45) is -1.66. The molecule has 0 aliphatic rings. The lowest BCUT2D eigenvalue weighted by atomic mass is 10.3. The van der Waals surface area contributed by atoms with Crippen LogP contribution in [0.1, 0.15) is 20.8 Å². The van der Waals surface area contributed by atoms with Gasteiger partial charge in [-0.2, -0.15) is 0 Å². The van der Waals surface area contributed by atoms with E-state index in [0.717, 1.165) is 0 Å². The second kappa shape index (κ2) is 7.75. The van der Waals surface area contributed by atoms with Crippen LogP contribution in [0.2, 0.25) is 5.02 Å². The van der Waals surface area contributed by atoms with Gasteiger partial charge < -0.3 is 14.8 Å². The molecule has 0 aliphatic heterocycles. The average molecular weight is 300 g/mol. The van der Waals surface area contributed by atoms with Crippen LogP contribution in [-0.2, 0) is 14.3 Å². The first-order valence-corrected chi connectivity index (χ1v) is 6.72. The molecule has 0 unspecified atom stereocenters. The maximum absolute atomic E-state index is 11.8. The van der Waals surface area contributed by atoms with Crippen LogP contribution in [0.25, 0.3) is 0 Å². The van der Waals surface area contributed by atoms with Gasteiger partial charge >= 0.3 is 5.97 Å². The molecule has 1 aromatic carbocycles. The Bertz CT molecular complexity index is 461. The molecule has 6 heteroatoms. The molecule has 0 aliphatic carbocycles. The second-order valence-corrected chi connectivity index (χ2v) is 4.62. The van der Waals surface area contributed by atoms with Crippen LogP contribution < -0.4 is 10.1 Å². The molecule has 1 aromatic rings. The predicted molar refractivity (Wildman–Crippen MR) is 75.8 cm³/mol. The highest BCUT2D eigenvalue weighted by Crippen LogP contribution is 2.17. The van der Waals surface area contributed by atoms with Gasteiger partial charge in [-0.3, -0.25) is 4.79 Å². The number of likely N-dealkylation sites (N-methyl/N-ethyl adjacent to an activating group) is 1. The Labute approximate surface area is 123 Å². The number of carbonyl (C=O) groups excluding carboxylic acids is 2. The number of rotatable bonds is 6. The molecule has 1 rings (SSSR count). The molecule has 0 aromatic heterocycles. The van der Waals surface area contributed by atoms with Crippen molar-refractivity contribution in [2.75, 3.05) is 6.54 Å². The van der Waals surface area contributed by atoms with Gasteiger partial charge in [0.15, 0.2) is 12.2 Å². The van der Waals surface area contributed by atoms with E-state index < -0.39 is 18.2 Å². The normalized spacial score (nSPS) is 13.2. The van der Waals surface area contributed by atoms with E-state index in [0.29, 0.717) is 17.3 Å². The zero-order valence-electron chi connectivity index (χ0n) is 11.7. The molecular weight excluding hydrogens is 282 g/mol. The summed E-state index contributed by atoms with van der Waals surface area (Å²) in [7, 11) is 0. The van der Waals surface area contributed by atoms with Crippen LogP contribution in [0.3, 0.4) is 0 Å². The quantitative estimate of drug-likeness (QED) is 0.818. The summed E-state index contributed by atoms with van der Waals surface area (Å²) in [5, 5.41) is 3.15. The lowest BCUT2D eigenvalue weighted by molar-refractivity contribution is -0.160. The number of hydrogen-bond donors (Lipinski definition) is 1. The number of nitrogens with one attached hydrogen (secondary N) is 1. The van der Waals surface area contributed by atoms with Gasteiger partial charge in [-0.1, -0.05) is 11.6 Å². The largest absolute Gasteiger partial charge is 0.479 e. The molecule has 0 radical (unpaired) electrons. The molecule has 0 spiro atoms. The molecule has 20 heavy (non-hydrogen) atoms. The monoisotopic (exact) mass is 299 g/mol. The smallest absolute Gasteiger partial charge is 0.347 e. The molecule has 1 amide bonds. The average Bonchev–Trinajstić information content (AvgIpc) is 2.41. The number of amides is 1. The van der Waals surface area contributed by atoms with E-state index in [9.17, 15) is 9.59 Å². The molecule has 5 nitrogen and oxygen atoms in total. The Morgan fingerprint density at radius 2 is 1.80 bits per heavy atom. The van der Waals surface area contributed by atoms with E-state index in [1.165, 1.54) is 6.92 Å². The minimum Gasteiger partial charge on any atom is -0.479 e. The number of halogens is 1. The first-order chi connectivity index (χ1) is 9.43. The SMILES string of the molecule is CCNC(=O)[C@@H](C)OC(=O)[C@H](C)Oc1ccc(Cl)cc1. The van der Waals surface area contributed by atoms with Gasteiger partial charge in [0, 0.05) is 11.6 Å². The maximum Gasteiger partial charge on any atom is 0.347 e. The number of esters is 1. The van der Waals surface area contributed by atoms with E-state index in [1.54, 1.807) is 38.1 Å². The third-order valence-corrected chi connectivity index (χ3v) is 2.72. The van der Waals surface area contributed by atoms with E-state index in [4.69, 9.17) is 21.1 Å². The zero-order valence-corrected chi connectivity index (χ0v) is 12.4. The van der Waals surface area contributed by atoms with Gasteiger partial charge in [0.2, 0.25) is 0 Å². The Morgan fingerprint density at radius 3 is 2.35 bits per heavy atom. The van der Waals surface area contributed by atoms with Gasteiger partial charge in [-0.15, -0.1) is 0 Å². The first-order valence-electron chi connectivity index (χ1n) is 6.34. The topological polar surface area (TPSA) is 64.6 Å². The Morgan fingerprint density at radius 1 is 1.20 bits per heavy atom. The van der Waals surface area contributed by atoms with E-state index in [1.807, 2.05) is 0 Å². The van der Waals surface area contributed by atoms with Crippen LogP contribution in [0.5, 0.6) is 5.75 Å². The Hall–Kier alpha value is -1.75. The molecule has 0 saturated heterocycles. The number of ether oxygens (including phenoxy) is 2. The molecule has 2 atom stereocenters. The highest BCUT2D eigenvalue weighted by Gasteiger charge is 2.22. The van der Waals surface area contributed by atoms with Crippen molar-refractivity contribution < 1.29 is 19.1 Å². The second-order valence-electron chi connectivity index (χ2n) is 4.19. The van der Waals surface area contributed by atoms with Gasteiger partial charge in [0.1, 0.15) is 5.75 Å². The summed E-state index contributed by atoms with van der Waals surface area (Å²) in [4.78, 5) is 23.2. The van der Waals surface area contributed by atoms with Crippen molar-refractivity contribution in [2.45, 2.75) is 33.0 Å². The molecular formula is C14H18ClNO4. The zero-order chi connectivity index (χ0) is 15.1. The summed E-state index contributed by atoms with van der Waals surface area (Å²) >= 11 is 5.75. The summed E-state index contributed by atoms with van der Waals surface area (Å²) in [6.45, 7) is 5.34. The van der Waals surface area contributed by atoms with Crippen molar-refractivity contribution in [3.05, 3.63) is 29.3 Å². The fourth-order valence-corrected chi connectivity index (χ4v) is 1.53. The van der Waals surface area contributed by atoms with Crippen molar-refractivity contribution in [1.82, 2.24) is 5.32 Å². The van der Waals surface area contributed by atoms with Crippen molar-refractivity contribution in [3.8, 4) is 5.75 Å². The predicted octanol–water partition coefficient (Wildman–Crippen LogP) is 2.18. The summed E-state index contributed by atoms with van der Waals surface area (Å²) in [5.41, 5.74) is 0. The Balaban J connectivity index is 2.50. The van der Waals surface area contributed by atoms with Crippen molar-refractivity contribution in [3.63, 3.8) is 0 Å². The fourth-order valence-electron chi connectivity index (χ4n) is 1.41. The summed E-state index contributed by atoms with van der Waals surface area (Å²) < 4.78 is 10.4. The Kier molecular flexibility index (Phi) is 6.31. The van der Waals surface area contributed by atoms with Crippen molar-refractivity contribution in [2.24, 2.45) is 0 Å². The lowest BCUT2D eigenvalue weighted by Crippen LogP contribution is -2.38. The van der Waals surface area contributed by atoms with Crippen LogP contribution in [-0.4, -0.2) is 30.6 Å². The highest BCUT2D eigenvalue weighted by atomic mass is 35.5. The fraction of sp³-hybridized carbons (Fsp3) is 0.429. The molecule has 0 fully saturated rings. The van der Waals surface area contributed by atoms with E-state index in [2.05, 4.69) is 5.32 Å². The number of benzene rings is 1. The van der Waals surface area contributed by atoms with Gasteiger partial charge in [-0.25, -0.2) is 4.79 Å². The molecule has 0 heterocycles. The van der Waals surface area contributed by atoms with Crippen LogP contribution in [0.4, 0.5) is 0 Å². The minimum atomic E-state index is -0.848. The maximum atomic E-state index is 11.8. The summed E-state index contributed by atoms with van der Waals surface area (Å²) in [6, 6.07) is 6.62. The lowest BCUT2D eigenvalue weighted by Gasteiger charge is -2.17. The van der Waals surface area contributed by atoms with Gasteiger partial charge in [0.25, 0.3) is 5.91 Å². The van der Waals surface area contributed by atoms with Gasteiger partial charge in [-0.05, 0) is 45.0 Å². The molecule has 0 bridgehead atoms. The van der Waals surface area contributed by atoms with Crippen LogP contribution in [0, 0.1) is 0 Å². The number of hydrogen-bond acceptors (Lipinski definition) is 4. The van der Waals surface area contributed by atoms with Crippen LogP contribution >= 0.6 is 11.6 Å².